The molecule has 0 aromatic carbocycles. The van der Waals surface area contributed by atoms with Crippen LogP contribution in [0, 0.1) is 5.92 Å². The van der Waals surface area contributed by atoms with Crippen molar-refractivity contribution in [2.45, 2.75) is 32.2 Å². The van der Waals surface area contributed by atoms with Gasteiger partial charge in [-0.05, 0) is 49.6 Å². The Balaban J connectivity index is 1.53. The first-order valence-electron chi connectivity index (χ1n) is 6.75. The van der Waals surface area contributed by atoms with Gasteiger partial charge >= 0.3 is 0 Å². The minimum Gasteiger partial charge on any atom is -0.344 e. The maximum atomic E-state index is 4.77. The van der Waals surface area contributed by atoms with Crippen LogP contribution in [0.15, 0.2) is 11.4 Å². The van der Waals surface area contributed by atoms with Crippen LogP contribution < -0.4 is 5.32 Å². The van der Waals surface area contributed by atoms with Gasteiger partial charge in [0.2, 0.25) is 0 Å². The molecule has 0 saturated heterocycles. The van der Waals surface area contributed by atoms with Crippen molar-refractivity contribution in [2.75, 3.05) is 6.54 Å². The fourth-order valence-electron chi connectivity index (χ4n) is 2.65. The molecule has 1 saturated carbocycles. The topological polar surface area (TPSA) is 40.7 Å². The summed E-state index contributed by atoms with van der Waals surface area (Å²) in [5.41, 5.74) is 3.87. The highest BCUT2D eigenvalue weighted by Crippen LogP contribution is 2.35. The minimum atomic E-state index is 0.878. The normalized spacial score (nSPS) is 17.6. The summed E-state index contributed by atoms with van der Waals surface area (Å²) in [5.74, 6) is 2.03. The van der Waals surface area contributed by atoms with E-state index in [9.17, 15) is 0 Å². The Morgan fingerprint density at radius 1 is 1.39 bits per heavy atom. The summed E-state index contributed by atoms with van der Waals surface area (Å²) in [5, 5.41) is 5.68. The van der Waals surface area contributed by atoms with Crippen molar-refractivity contribution in [2.24, 2.45) is 5.92 Å². The second kappa shape index (κ2) is 4.21. The van der Waals surface area contributed by atoms with Gasteiger partial charge in [-0.25, -0.2) is 4.98 Å². The number of nitrogens with one attached hydrogen (secondary N) is 2. The van der Waals surface area contributed by atoms with Crippen molar-refractivity contribution in [1.82, 2.24) is 15.3 Å². The molecule has 2 aliphatic carbocycles. The number of H-pyrrole nitrogens is 1. The first-order chi connectivity index (χ1) is 8.90. The molecule has 0 radical (unpaired) electrons. The van der Waals surface area contributed by atoms with Crippen molar-refractivity contribution in [3.05, 3.63) is 27.8 Å². The smallest absolute Gasteiger partial charge is 0.121 e. The zero-order valence-electron chi connectivity index (χ0n) is 10.3. The number of hydrogen-bond acceptors (Lipinski definition) is 3. The molecule has 0 bridgehead atoms. The fraction of sp³-hybridized carbons (Fsp3) is 0.500. The second-order valence-electron chi connectivity index (χ2n) is 5.34. The second-order valence-corrected chi connectivity index (χ2v) is 6.34. The van der Waals surface area contributed by atoms with Crippen molar-refractivity contribution in [3.63, 3.8) is 0 Å². The quantitative estimate of drug-likeness (QED) is 0.886. The molecule has 4 rings (SSSR count). The van der Waals surface area contributed by atoms with Crippen LogP contribution in [-0.2, 0) is 19.4 Å². The molecule has 3 nitrogen and oxygen atoms in total. The van der Waals surface area contributed by atoms with Crippen LogP contribution in [0.4, 0.5) is 0 Å². The lowest BCUT2D eigenvalue weighted by molar-refractivity contribution is 0.622. The van der Waals surface area contributed by atoms with Gasteiger partial charge in [0, 0.05) is 16.1 Å². The van der Waals surface area contributed by atoms with Crippen LogP contribution in [0.25, 0.3) is 11.3 Å². The van der Waals surface area contributed by atoms with E-state index in [2.05, 4.69) is 21.7 Å². The first-order valence-corrected chi connectivity index (χ1v) is 7.63. The van der Waals surface area contributed by atoms with E-state index in [0.717, 1.165) is 37.7 Å². The molecule has 0 amide bonds. The van der Waals surface area contributed by atoms with Crippen molar-refractivity contribution in [3.8, 4) is 11.3 Å². The lowest BCUT2D eigenvalue weighted by Crippen LogP contribution is -2.16. The maximum Gasteiger partial charge on any atom is 0.121 e. The van der Waals surface area contributed by atoms with E-state index < -0.39 is 0 Å². The number of thiophene rings is 1. The Hall–Kier alpha value is -1.13. The van der Waals surface area contributed by atoms with E-state index in [-0.39, 0.29) is 0 Å². The van der Waals surface area contributed by atoms with Crippen LogP contribution in [0.1, 0.15) is 29.2 Å². The summed E-state index contributed by atoms with van der Waals surface area (Å²) in [6.45, 7) is 2.03. The van der Waals surface area contributed by atoms with Crippen LogP contribution in [-0.4, -0.2) is 16.5 Å². The third kappa shape index (κ3) is 1.89. The Morgan fingerprint density at radius 2 is 2.33 bits per heavy atom. The predicted octanol–water partition coefficient (Wildman–Crippen LogP) is 2.74. The number of aromatic amines is 1. The molecular weight excluding hydrogens is 242 g/mol. The molecule has 0 aliphatic heterocycles. The summed E-state index contributed by atoms with van der Waals surface area (Å²) in [6, 6.07) is 2.21. The van der Waals surface area contributed by atoms with Crippen molar-refractivity contribution < 1.29 is 0 Å². The average molecular weight is 259 g/mol. The Bertz CT molecular complexity index is 565. The number of hydrogen-bond donors (Lipinski definition) is 2. The maximum absolute atomic E-state index is 4.77. The van der Waals surface area contributed by atoms with E-state index in [4.69, 9.17) is 4.98 Å². The molecular formula is C14H17N3S. The lowest BCUT2D eigenvalue weighted by atomic mass is 10.0. The predicted molar refractivity (Wildman–Crippen MR) is 73.7 cm³/mol. The van der Waals surface area contributed by atoms with Gasteiger partial charge in [-0.3, -0.25) is 0 Å². The molecule has 94 valence electrons. The van der Waals surface area contributed by atoms with Gasteiger partial charge in [0.25, 0.3) is 0 Å². The third-order valence-electron chi connectivity index (χ3n) is 3.85. The molecule has 2 N–H and O–H groups in total. The van der Waals surface area contributed by atoms with Gasteiger partial charge in [0.05, 0.1) is 12.2 Å². The van der Waals surface area contributed by atoms with Crippen LogP contribution in [0.2, 0.25) is 0 Å². The highest BCUT2D eigenvalue weighted by molar-refractivity contribution is 7.10. The average Bonchev–Trinajstić information content (AvgIpc) is 2.91. The van der Waals surface area contributed by atoms with Gasteiger partial charge in [-0.15, -0.1) is 11.3 Å². The molecule has 1 fully saturated rings. The molecule has 4 heteroatoms. The van der Waals surface area contributed by atoms with Crippen LogP contribution in [0.3, 0.4) is 0 Å². The van der Waals surface area contributed by atoms with E-state index in [1.165, 1.54) is 34.7 Å². The van der Waals surface area contributed by atoms with Gasteiger partial charge in [-0.2, -0.15) is 0 Å². The third-order valence-corrected chi connectivity index (χ3v) is 4.83. The molecule has 2 aliphatic rings. The van der Waals surface area contributed by atoms with E-state index in [0.29, 0.717) is 0 Å². The molecule has 0 atom stereocenters. The zero-order chi connectivity index (χ0) is 11.9. The van der Waals surface area contributed by atoms with E-state index in [1.54, 1.807) is 0 Å². The Labute approximate surface area is 111 Å². The van der Waals surface area contributed by atoms with Crippen molar-refractivity contribution >= 4 is 11.3 Å². The van der Waals surface area contributed by atoms with Gasteiger partial charge in [0.1, 0.15) is 5.82 Å². The number of rotatable bonds is 4. The van der Waals surface area contributed by atoms with Gasteiger partial charge in [-0.1, -0.05) is 0 Å². The van der Waals surface area contributed by atoms with Crippen LogP contribution >= 0.6 is 11.3 Å². The molecule has 0 spiro atoms. The Kier molecular flexibility index (Phi) is 2.52. The van der Waals surface area contributed by atoms with E-state index >= 15 is 0 Å². The fourth-order valence-corrected chi connectivity index (χ4v) is 3.53. The molecule has 18 heavy (non-hydrogen) atoms. The summed E-state index contributed by atoms with van der Waals surface area (Å²) >= 11 is 1.86. The lowest BCUT2D eigenvalue weighted by Gasteiger charge is -2.09. The summed E-state index contributed by atoms with van der Waals surface area (Å²) < 4.78 is 0. The van der Waals surface area contributed by atoms with Crippen molar-refractivity contribution in [1.29, 1.82) is 0 Å². The zero-order valence-corrected chi connectivity index (χ0v) is 11.1. The van der Waals surface area contributed by atoms with Gasteiger partial charge in [0.15, 0.2) is 0 Å². The monoisotopic (exact) mass is 259 g/mol. The number of fused-ring (bicyclic) bond motifs is 3. The standard InChI is InChI=1S/C14H17N3S/c1-2-9(1)7-15-8-13-16-11-3-4-12-10(5-6-18-12)14(11)17-13/h5-6,9,15H,1-4,7-8H2,(H,16,17). The molecule has 2 aromatic rings. The summed E-state index contributed by atoms with van der Waals surface area (Å²) in [4.78, 5) is 9.75. The number of nitrogens with zero attached hydrogens (tertiary/aromatic N) is 1. The highest BCUT2D eigenvalue weighted by Gasteiger charge is 2.22. The molecule has 2 heterocycles. The highest BCUT2D eigenvalue weighted by atomic mass is 32.1. The molecule has 0 unspecified atom stereocenters. The first kappa shape index (κ1) is 10.8. The van der Waals surface area contributed by atoms with Crippen LogP contribution in [0.5, 0.6) is 0 Å². The number of aromatic nitrogens is 2. The summed E-state index contributed by atoms with van der Waals surface area (Å²) in [7, 11) is 0. The minimum absolute atomic E-state index is 0.878. The SMILES string of the molecule is c1cc2c(s1)CCc1[nH]c(CNCC3CC3)nc1-2. The largest absolute Gasteiger partial charge is 0.344 e. The summed E-state index contributed by atoms with van der Waals surface area (Å²) in [6.07, 6.45) is 5.08. The Morgan fingerprint density at radius 3 is 3.22 bits per heavy atom. The molecule has 2 aromatic heterocycles. The number of imidazole rings is 1. The van der Waals surface area contributed by atoms with E-state index in [1.807, 2.05) is 11.3 Å². The van der Waals surface area contributed by atoms with Gasteiger partial charge < -0.3 is 10.3 Å². The number of aryl methyl sites for hydroxylation is 2.